The van der Waals surface area contributed by atoms with Crippen molar-refractivity contribution >= 4 is 47.1 Å². The Morgan fingerprint density at radius 1 is 0.935 bits per heavy atom. The molecule has 0 saturated carbocycles. The number of aliphatic hydroxyl groups is 2. The summed E-state index contributed by atoms with van der Waals surface area (Å²) < 4.78 is 0. The van der Waals surface area contributed by atoms with Gasteiger partial charge < -0.3 is 51.7 Å². The van der Waals surface area contributed by atoms with Gasteiger partial charge in [0, 0.05) is 24.5 Å². The van der Waals surface area contributed by atoms with Gasteiger partial charge in [-0.05, 0) is 24.3 Å². The van der Waals surface area contributed by atoms with Gasteiger partial charge in [0.2, 0.25) is 17.8 Å². The largest absolute Gasteiger partial charge is 0.481 e. The number of nitrogens with zero attached hydrogens (tertiary/aromatic N) is 3. The molecule has 2 aliphatic heterocycles. The summed E-state index contributed by atoms with van der Waals surface area (Å²) in [5, 5.41) is 81.9. The van der Waals surface area contributed by atoms with Crippen LogP contribution in [0.3, 0.4) is 0 Å². The fourth-order valence-corrected chi connectivity index (χ4v) is 4.57. The molecule has 5 unspecified atom stereocenters. The Balaban J connectivity index is 1.49. The minimum absolute atomic E-state index is 0.0117. The molecule has 1 aromatic carbocycles. The van der Waals surface area contributed by atoms with E-state index in [1.807, 2.05) is 0 Å². The molecule has 46 heavy (non-hydrogen) atoms. The highest BCUT2D eigenvalue weighted by Crippen LogP contribution is 2.39. The van der Waals surface area contributed by atoms with Crippen molar-refractivity contribution in [2.75, 3.05) is 47.6 Å². The third-order valence-electron chi connectivity index (χ3n) is 6.72. The van der Waals surface area contributed by atoms with Gasteiger partial charge in [0.15, 0.2) is 23.1 Å². The summed E-state index contributed by atoms with van der Waals surface area (Å²) in [5.41, 5.74) is -0.822. The van der Waals surface area contributed by atoms with Crippen molar-refractivity contribution in [3.05, 3.63) is 36.6 Å². The molecule has 2 saturated heterocycles. The van der Waals surface area contributed by atoms with Crippen molar-refractivity contribution in [1.29, 1.82) is 0 Å². The molecule has 5 atom stereocenters. The van der Waals surface area contributed by atoms with Crippen molar-refractivity contribution in [2.24, 2.45) is 0 Å². The van der Waals surface area contributed by atoms with Crippen LogP contribution in [0.25, 0.3) is 0 Å². The maximum absolute atomic E-state index is 12.1. The molecule has 3 heterocycles. The number of rotatable bonds is 18. The van der Waals surface area contributed by atoms with Crippen LogP contribution in [0.1, 0.15) is 6.42 Å². The van der Waals surface area contributed by atoms with E-state index >= 15 is 0 Å². The first-order valence-corrected chi connectivity index (χ1v) is 13.6. The summed E-state index contributed by atoms with van der Waals surface area (Å²) in [7, 11) is 0. The molecular formula is C24H34N12O10. The molecule has 2 fully saturated rings. The van der Waals surface area contributed by atoms with Crippen LogP contribution in [-0.4, -0.2) is 120 Å². The second-order valence-corrected chi connectivity index (χ2v) is 9.93. The molecule has 2 aromatic rings. The van der Waals surface area contributed by atoms with Crippen molar-refractivity contribution in [3.63, 3.8) is 0 Å². The monoisotopic (exact) mass is 650 g/mol. The second-order valence-electron chi connectivity index (χ2n) is 9.93. The third kappa shape index (κ3) is 7.82. The molecule has 0 bridgehead atoms. The number of carboxylic acids is 3. The van der Waals surface area contributed by atoms with Gasteiger partial charge in [0.05, 0.1) is 19.6 Å². The van der Waals surface area contributed by atoms with E-state index in [4.69, 9.17) is 10.4 Å². The lowest BCUT2D eigenvalue weighted by atomic mass is 10.0. The van der Waals surface area contributed by atoms with Crippen molar-refractivity contribution in [1.82, 2.24) is 41.5 Å². The molecule has 2 aliphatic rings. The molecule has 250 valence electrons. The minimum Gasteiger partial charge on any atom is -0.481 e. The topological polar surface area (TPSA) is 339 Å². The van der Waals surface area contributed by atoms with E-state index in [0.717, 1.165) is 0 Å². The lowest BCUT2D eigenvalue weighted by molar-refractivity contribution is -0.207. The zero-order valence-electron chi connectivity index (χ0n) is 23.9. The van der Waals surface area contributed by atoms with Crippen LogP contribution in [0.4, 0.5) is 29.2 Å². The Morgan fingerprint density at radius 2 is 1.57 bits per heavy atom. The highest BCUT2D eigenvalue weighted by molar-refractivity contribution is 5.91. The first kappa shape index (κ1) is 33.9. The molecule has 4 rings (SSSR count). The molecule has 0 radical (unpaired) electrons. The second kappa shape index (κ2) is 14.4. The molecule has 22 nitrogen and oxygen atoms in total. The summed E-state index contributed by atoms with van der Waals surface area (Å²) in [6.07, 6.45) is -2.25. The van der Waals surface area contributed by atoms with Gasteiger partial charge in [-0.2, -0.15) is 15.0 Å². The predicted molar refractivity (Wildman–Crippen MR) is 157 cm³/mol. The SMILES string of the molecule is C=C(OO)C(Nc1nc(NCCO)nc(Nc2ccc(NC3NC(NCCO)NC4(N3)NC4(CC(=O)O)C(=O)O)cc2)n1)C(=O)O. The van der Waals surface area contributed by atoms with Crippen LogP contribution >= 0.6 is 0 Å². The Hall–Kier alpha value is -4.94. The zero-order valence-corrected chi connectivity index (χ0v) is 23.9. The molecular weight excluding hydrogens is 616 g/mol. The number of nitrogens with one attached hydrogen (secondary N) is 9. The lowest BCUT2D eigenvalue weighted by Crippen LogP contribution is -2.77. The number of aliphatic carboxylic acids is 3. The number of hydrogen-bond acceptors (Lipinski definition) is 19. The molecule has 0 amide bonds. The average Bonchev–Trinajstić information content (AvgIpc) is 3.61. The third-order valence-corrected chi connectivity index (χ3v) is 6.72. The average molecular weight is 651 g/mol. The van der Waals surface area contributed by atoms with E-state index in [1.165, 1.54) is 0 Å². The lowest BCUT2D eigenvalue weighted by Gasteiger charge is -2.40. The minimum atomic E-state index is -1.85. The van der Waals surface area contributed by atoms with Gasteiger partial charge >= 0.3 is 17.9 Å². The number of hydrogen-bond donors (Lipinski definition) is 15. The van der Waals surface area contributed by atoms with Gasteiger partial charge in [-0.15, -0.1) is 0 Å². The molecule has 0 aliphatic carbocycles. The molecule has 15 N–H and O–H groups in total. The zero-order chi connectivity index (χ0) is 33.5. The summed E-state index contributed by atoms with van der Waals surface area (Å²) >= 11 is 0. The van der Waals surface area contributed by atoms with E-state index < -0.39 is 60.0 Å². The maximum Gasteiger partial charge on any atom is 0.334 e. The number of anilines is 5. The maximum atomic E-state index is 12.1. The quantitative estimate of drug-likeness (QED) is 0.0326. The van der Waals surface area contributed by atoms with E-state index in [2.05, 4.69) is 74.3 Å². The van der Waals surface area contributed by atoms with Gasteiger partial charge in [-0.3, -0.25) is 36.2 Å². The van der Waals surface area contributed by atoms with Gasteiger partial charge in [-0.1, -0.05) is 6.58 Å². The molecule has 22 heteroatoms. The standard InChI is InChI=1S/C24H34N12O10/c1-11(46-45)15(16(41)42)29-21-31-18(25-6-8-37)30-20(33-21)27-12-2-4-13(5-3-12)28-22-32-19(26-7-9-38)34-24(35-22)23(36-24,17(43)44)10-14(39)40/h2-5,15,19,22,26,28,32,34-38,45H,1,6-10H2,(H,39,40)(H,41,42)(H,43,44)(H3,25,27,29,30,31,33). The highest BCUT2D eigenvalue weighted by Gasteiger charge is 2.75. The number of benzene rings is 1. The predicted octanol–water partition coefficient (Wildman–Crippen LogP) is -3.21. The van der Waals surface area contributed by atoms with Gasteiger partial charge in [-0.25, -0.2) is 10.1 Å². The Kier molecular flexibility index (Phi) is 10.7. The van der Waals surface area contributed by atoms with Crippen molar-refractivity contribution < 1.29 is 50.1 Å². The van der Waals surface area contributed by atoms with Crippen molar-refractivity contribution in [3.8, 4) is 0 Å². The first-order valence-electron chi connectivity index (χ1n) is 13.6. The normalized spacial score (nSPS) is 24.0. The van der Waals surface area contributed by atoms with E-state index in [9.17, 15) is 34.8 Å². The number of aromatic nitrogens is 3. The number of carbonyl (C=O) groups is 3. The molecule has 1 aromatic heterocycles. The first-order chi connectivity index (χ1) is 21.9. The summed E-state index contributed by atoms with van der Waals surface area (Å²) in [6.45, 7) is 3.10. The van der Waals surface area contributed by atoms with Gasteiger partial charge in [0.25, 0.3) is 0 Å². The Morgan fingerprint density at radius 3 is 2.17 bits per heavy atom. The van der Waals surface area contributed by atoms with Crippen molar-refractivity contribution in [2.45, 2.75) is 36.4 Å². The smallest absolute Gasteiger partial charge is 0.334 e. The fraction of sp³-hybridized carbons (Fsp3) is 0.417. The number of aliphatic hydroxyl groups excluding tert-OH is 2. The summed E-state index contributed by atoms with van der Waals surface area (Å²) in [4.78, 5) is 51.5. The molecule has 1 spiro atoms. The van der Waals surface area contributed by atoms with Crippen LogP contribution in [-0.2, 0) is 19.3 Å². The van der Waals surface area contributed by atoms with Crippen LogP contribution in [0.5, 0.6) is 0 Å². The van der Waals surface area contributed by atoms with E-state index in [-0.39, 0.29) is 44.1 Å². The van der Waals surface area contributed by atoms with Gasteiger partial charge in [0.1, 0.15) is 12.6 Å². The summed E-state index contributed by atoms with van der Waals surface area (Å²) in [5.74, 6) is -6.41. The van der Waals surface area contributed by atoms with Crippen LogP contribution < -0.4 is 47.9 Å². The highest BCUT2D eigenvalue weighted by atomic mass is 17.1. The van der Waals surface area contributed by atoms with E-state index in [1.54, 1.807) is 24.3 Å². The van der Waals surface area contributed by atoms with Crippen LogP contribution in [0.15, 0.2) is 36.6 Å². The number of carboxylic acid groups (broad SMARTS) is 3. The van der Waals surface area contributed by atoms with Crippen LogP contribution in [0, 0.1) is 0 Å². The van der Waals surface area contributed by atoms with E-state index in [0.29, 0.717) is 11.4 Å². The summed E-state index contributed by atoms with van der Waals surface area (Å²) in [6, 6.07) is 4.99. The Labute approximate surface area is 259 Å². The van der Waals surface area contributed by atoms with Crippen LogP contribution in [0.2, 0.25) is 0 Å². The fourth-order valence-electron chi connectivity index (χ4n) is 4.57. The Bertz CT molecular complexity index is 1440.